The monoisotopic (exact) mass is 254 g/mol. The molecule has 2 aromatic rings. The van der Waals surface area contributed by atoms with Crippen molar-refractivity contribution in [2.24, 2.45) is 0 Å². The first kappa shape index (κ1) is 13.5. The van der Waals surface area contributed by atoms with Gasteiger partial charge in [-0.25, -0.2) is 0 Å². The standard InChI is InChI=1S/C17H22N2/c1-3-19(17-12-8-7-9-15(17)2)14-13-18-16-10-5-4-6-11-16/h4-12,18H,3,13-14H2,1-2H3. The van der Waals surface area contributed by atoms with E-state index in [0.29, 0.717) is 0 Å². The van der Waals surface area contributed by atoms with Gasteiger partial charge in [-0.2, -0.15) is 0 Å². The molecule has 0 aliphatic heterocycles. The van der Waals surface area contributed by atoms with Crippen molar-refractivity contribution in [3.05, 3.63) is 60.2 Å². The van der Waals surface area contributed by atoms with Crippen molar-refractivity contribution in [3.63, 3.8) is 0 Å². The highest BCUT2D eigenvalue weighted by molar-refractivity contribution is 5.53. The van der Waals surface area contributed by atoms with E-state index in [4.69, 9.17) is 0 Å². The van der Waals surface area contributed by atoms with Crippen LogP contribution in [0, 0.1) is 6.92 Å². The van der Waals surface area contributed by atoms with Crippen molar-refractivity contribution in [2.45, 2.75) is 13.8 Å². The first-order chi connectivity index (χ1) is 9.31. The number of benzene rings is 2. The summed E-state index contributed by atoms with van der Waals surface area (Å²) in [6.07, 6.45) is 0. The van der Waals surface area contributed by atoms with Crippen LogP contribution in [0.3, 0.4) is 0 Å². The summed E-state index contributed by atoms with van der Waals surface area (Å²) in [5, 5.41) is 3.46. The molecular formula is C17H22N2. The van der Waals surface area contributed by atoms with Crippen molar-refractivity contribution >= 4 is 11.4 Å². The zero-order chi connectivity index (χ0) is 13.5. The van der Waals surface area contributed by atoms with Crippen LogP contribution < -0.4 is 10.2 Å². The van der Waals surface area contributed by atoms with Gasteiger partial charge in [-0.15, -0.1) is 0 Å². The first-order valence-electron chi connectivity index (χ1n) is 6.90. The molecule has 2 aromatic carbocycles. The Balaban J connectivity index is 1.92. The highest BCUT2D eigenvalue weighted by Gasteiger charge is 2.05. The lowest BCUT2D eigenvalue weighted by atomic mass is 10.2. The lowest BCUT2D eigenvalue weighted by molar-refractivity contribution is 0.832. The fourth-order valence-corrected chi connectivity index (χ4v) is 2.26. The van der Waals surface area contributed by atoms with Gasteiger partial charge < -0.3 is 10.2 Å². The van der Waals surface area contributed by atoms with Crippen LogP contribution >= 0.6 is 0 Å². The van der Waals surface area contributed by atoms with Crippen LogP contribution in [-0.4, -0.2) is 19.6 Å². The number of para-hydroxylation sites is 2. The number of nitrogens with zero attached hydrogens (tertiary/aromatic N) is 1. The predicted octanol–water partition coefficient (Wildman–Crippen LogP) is 3.93. The maximum atomic E-state index is 3.46. The van der Waals surface area contributed by atoms with E-state index < -0.39 is 0 Å². The molecular weight excluding hydrogens is 232 g/mol. The Morgan fingerprint density at radius 1 is 0.947 bits per heavy atom. The third-order valence-electron chi connectivity index (χ3n) is 3.32. The lowest BCUT2D eigenvalue weighted by Crippen LogP contribution is -2.29. The molecule has 0 aliphatic rings. The van der Waals surface area contributed by atoms with Crippen molar-refractivity contribution in [1.29, 1.82) is 0 Å². The Bertz CT molecular complexity index is 494. The van der Waals surface area contributed by atoms with E-state index in [1.165, 1.54) is 16.9 Å². The SMILES string of the molecule is CCN(CCNc1ccccc1)c1ccccc1C. The zero-order valence-corrected chi connectivity index (χ0v) is 11.8. The minimum atomic E-state index is 0.951. The fraction of sp³-hybridized carbons (Fsp3) is 0.294. The van der Waals surface area contributed by atoms with Gasteiger partial charge in [0.25, 0.3) is 0 Å². The van der Waals surface area contributed by atoms with Gasteiger partial charge in [0.05, 0.1) is 0 Å². The van der Waals surface area contributed by atoms with E-state index >= 15 is 0 Å². The van der Waals surface area contributed by atoms with Crippen LogP contribution in [0.5, 0.6) is 0 Å². The first-order valence-corrected chi connectivity index (χ1v) is 6.90. The number of rotatable bonds is 6. The maximum Gasteiger partial charge on any atom is 0.0396 e. The van der Waals surface area contributed by atoms with Crippen LogP contribution in [0.2, 0.25) is 0 Å². The largest absolute Gasteiger partial charge is 0.383 e. The van der Waals surface area contributed by atoms with Gasteiger partial charge in [0.1, 0.15) is 0 Å². The molecule has 0 spiro atoms. The summed E-state index contributed by atoms with van der Waals surface area (Å²) in [6.45, 7) is 7.36. The van der Waals surface area contributed by atoms with Gasteiger partial charge in [-0.1, -0.05) is 36.4 Å². The number of nitrogens with one attached hydrogen (secondary N) is 1. The molecule has 0 saturated carbocycles. The average Bonchev–Trinajstić information content (AvgIpc) is 2.46. The summed E-state index contributed by atoms with van der Waals surface area (Å²) < 4.78 is 0. The third kappa shape index (κ3) is 3.75. The van der Waals surface area contributed by atoms with Gasteiger partial charge in [0.2, 0.25) is 0 Å². The molecule has 0 saturated heterocycles. The molecule has 0 bridgehead atoms. The summed E-state index contributed by atoms with van der Waals surface area (Å²) in [5.74, 6) is 0. The summed E-state index contributed by atoms with van der Waals surface area (Å²) in [4.78, 5) is 2.41. The lowest BCUT2D eigenvalue weighted by Gasteiger charge is -2.25. The van der Waals surface area contributed by atoms with E-state index in [2.05, 4.69) is 72.6 Å². The molecule has 0 radical (unpaired) electrons. The number of likely N-dealkylation sites (N-methyl/N-ethyl adjacent to an activating group) is 1. The molecule has 19 heavy (non-hydrogen) atoms. The molecule has 0 amide bonds. The van der Waals surface area contributed by atoms with Crippen molar-refractivity contribution in [3.8, 4) is 0 Å². The molecule has 2 rings (SSSR count). The molecule has 0 aliphatic carbocycles. The Morgan fingerprint density at radius 2 is 1.63 bits per heavy atom. The topological polar surface area (TPSA) is 15.3 Å². The molecule has 0 heterocycles. The van der Waals surface area contributed by atoms with Crippen LogP contribution in [0.15, 0.2) is 54.6 Å². The minimum absolute atomic E-state index is 0.951. The van der Waals surface area contributed by atoms with Crippen LogP contribution in [0.25, 0.3) is 0 Å². The minimum Gasteiger partial charge on any atom is -0.383 e. The van der Waals surface area contributed by atoms with E-state index in [9.17, 15) is 0 Å². The summed E-state index contributed by atoms with van der Waals surface area (Å²) in [6, 6.07) is 18.9. The molecule has 0 fully saturated rings. The van der Waals surface area contributed by atoms with Crippen LogP contribution in [-0.2, 0) is 0 Å². The molecule has 2 nitrogen and oxygen atoms in total. The second-order valence-corrected chi connectivity index (χ2v) is 4.66. The van der Waals surface area contributed by atoms with Crippen molar-refractivity contribution in [1.82, 2.24) is 0 Å². The summed E-state index contributed by atoms with van der Waals surface area (Å²) in [7, 11) is 0. The zero-order valence-electron chi connectivity index (χ0n) is 11.8. The number of aryl methyl sites for hydroxylation is 1. The molecule has 100 valence electrons. The van der Waals surface area contributed by atoms with Gasteiger partial charge in [-0.3, -0.25) is 0 Å². The van der Waals surface area contributed by atoms with E-state index in [1.807, 2.05) is 6.07 Å². The molecule has 0 unspecified atom stereocenters. The van der Waals surface area contributed by atoms with E-state index in [-0.39, 0.29) is 0 Å². The van der Waals surface area contributed by atoms with E-state index in [1.54, 1.807) is 0 Å². The van der Waals surface area contributed by atoms with Crippen LogP contribution in [0.4, 0.5) is 11.4 Å². The Kier molecular flexibility index (Phi) is 4.85. The molecule has 0 aromatic heterocycles. The summed E-state index contributed by atoms with van der Waals surface area (Å²) in [5.41, 5.74) is 3.85. The van der Waals surface area contributed by atoms with Gasteiger partial charge in [0, 0.05) is 31.0 Å². The quantitative estimate of drug-likeness (QED) is 0.840. The predicted molar refractivity (Wildman–Crippen MR) is 84.0 cm³/mol. The number of anilines is 2. The fourth-order valence-electron chi connectivity index (χ4n) is 2.26. The van der Waals surface area contributed by atoms with E-state index in [0.717, 1.165) is 19.6 Å². The number of hydrogen-bond donors (Lipinski definition) is 1. The van der Waals surface area contributed by atoms with Gasteiger partial charge in [0.15, 0.2) is 0 Å². The summed E-state index contributed by atoms with van der Waals surface area (Å²) >= 11 is 0. The van der Waals surface area contributed by atoms with Crippen molar-refractivity contribution in [2.75, 3.05) is 29.9 Å². The highest BCUT2D eigenvalue weighted by atomic mass is 15.1. The van der Waals surface area contributed by atoms with Crippen molar-refractivity contribution < 1.29 is 0 Å². The maximum absolute atomic E-state index is 3.46. The van der Waals surface area contributed by atoms with Crippen LogP contribution in [0.1, 0.15) is 12.5 Å². The third-order valence-corrected chi connectivity index (χ3v) is 3.32. The molecule has 1 N–H and O–H groups in total. The van der Waals surface area contributed by atoms with Gasteiger partial charge >= 0.3 is 0 Å². The second-order valence-electron chi connectivity index (χ2n) is 4.66. The Morgan fingerprint density at radius 3 is 2.32 bits per heavy atom. The average molecular weight is 254 g/mol. The molecule has 2 heteroatoms. The van der Waals surface area contributed by atoms with Gasteiger partial charge in [-0.05, 0) is 37.6 Å². The second kappa shape index (κ2) is 6.83. The Labute approximate surface area is 116 Å². The normalized spacial score (nSPS) is 10.2. The Hall–Kier alpha value is -1.96. The molecule has 0 atom stereocenters. The smallest absolute Gasteiger partial charge is 0.0396 e. The highest BCUT2D eigenvalue weighted by Crippen LogP contribution is 2.18. The number of hydrogen-bond acceptors (Lipinski definition) is 2.